The van der Waals surface area contributed by atoms with E-state index < -0.39 is 0 Å². The molecule has 0 spiro atoms. The van der Waals surface area contributed by atoms with Gasteiger partial charge in [-0.15, -0.1) is 0 Å². The summed E-state index contributed by atoms with van der Waals surface area (Å²) in [6.07, 6.45) is 8.31. The fourth-order valence-corrected chi connectivity index (χ4v) is 3.12. The van der Waals surface area contributed by atoms with E-state index in [0.29, 0.717) is 11.7 Å². The van der Waals surface area contributed by atoms with E-state index in [4.69, 9.17) is 0 Å². The number of nitrogens with zero attached hydrogens (tertiary/aromatic N) is 2. The summed E-state index contributed by atoms with van der Waals surface area (Å²) in [7, 11) is 0. The molecule has 0 atom stereocenters. The second-order valence-corrected chi connectivity index (χ2v) is 5.09. The van der Waals surface area contributed by atoms with Crippen LogP contribution in [0.1, 0.15) is 59.9 Å². The van der Waals surface area contributed by atoms with Gasteiger partial charge in [-0.1, -0.05) is 19.3 Å². The van der Waals surface area contributed by atoms with Crippen LogP contribution >= 0.6 is 0 Å². The Morgan fingerprint density at radius 1 is 1.29 bits per heavy atom. The minimum atomic E-state index is 0.532. The molecule has 0 amide bonds. The largest absolute Gasteiger partial charge is 0.312 e. The number of aldehydes is 1. The maximum absolute atomic E-state index is 11.1. The van der Waals surface area contributed by atoms with E-state index in [2.05, 4.69) is 15.1 Å². The second-order valence-electron chi connectivity index (χ2n) is 5.09. The zero-order valence-electron chi connectivity index (χ0n) is 10.1. The van der Waals surface area contributed by atoms with Crippen molar-refractivity contribution in [3.05, 3.63) is 17.0 Å². The van der Waals surface area contributed by atoms with Crippen LogP contribution in [0.4, 0.5) is 0 Å². The summed E-state index contributed by atoms with van der Waals surface area (Å²) in [6, 6.07) is 0.532. The van der Waals surface area contributed by atoms with E-state index in [0.717, 1.165) is 31.4 Å². The fraction of sp³-hybridized carbons (Fsp3) is 0.692. The van der Waals surface area contributed by atoms with Crippen LogP contribution < -0.4 is 5.32 Å². The van der Waals surface area contributed by atoms with E-state index in [9.17, 15) is 4.79 Å². The van der Waals surface area contributed by atoms with Crippen molar-refractivity contribution in [2.75, 3.05) is 6.54 Å². The van der Waals surface area contributed by atoms with Crippen molar-refractivity contribution in [3.63, 3.8) is 0 Å². The molecular weight excluding hydrogens is 214 g/mol. The van der Waals surface area contributed by atoms with Crippen molar-refractivity contribution < 1.29 is 4.79 Å². The minimum Gasteiger partial charge on any atom is -0.312 e. The lowest BCUT2D eigenvalue weighted by atomic mass is 9.95. The van der Waals surface area contributed by atoms with Crippen LogP contribution in [0, 0.1) is 0 Å². The summed E-state index contributed by atoms with van der Waals surface area (Å²) >= 11 is 0. The molecule has 4 heteroatoms. The maximum atomic E-state index is 11.1. The SMILES string of the molecule is O=Cc1nn(C2CCCCC2)c2c1CNCC2. The molecule has 2 aliphatic rings. The van der Waals surface area contributed by atoms with Gasteiger partial charge in [-0.05, 0) is 12.8 Å². The average Bonchev–Trinajstić information content (AvgIpc) is 2.78. The monoisotopic (exact) mass is 233 g/mol. The molecule has 0 saturated heterocycles. The molecule has 2 heterocycles. The number of carbonyl (C=O) groups excluding carboxylic acids is 1. The van der Waals surface area contributed by atoms with Crippen molar-refractivity contribution in [3.8, 4) is 0 Å². The molecule has 1 fully saturated rings. The van der Waals surface area contributed by atoms with Crippen LogP contribution in [0.5, 0.6) is 0 Å². The lowest BCUT2D eigenvalue weighted by molar-refractivity contribution is 0.111. The molecule has 1 saturated carbocycles. The molecule has 17 heavy (non-hydrogen) atoms. The van der Waals surface area contributed by atoms with Crippen molar-refractivity contribution in [2.24, 2.45) is 0 Å². The molecular formula is C13H19N3O. The zero-order chi connectivity index (χ0) is 11.7. The number of nitrogens with one attached hydrogen (secondary N) is 1. The number of aromatic nitrogens is 2. The first-order chi connectivity index (χ1) is 8.40. The predicted octanol–water partition coefficient (Wildman–Crippen LogP) is 1.85. The van der Waals surface area contributed by atoms with Gasteiger partial charge in [0.2, 0.25) is 0 Å². The Morgan fingerprint density at radius 3 is 2.88 bits per heavy atom. The number of fused-ring (bicyclic) bond motifs is 1. The molecule has 0 unspecified atom stereocenters. The third-order valence-electron chi connectivity index (χ3n) is 4.02. The lowest BCUT2D eigenvalue weighted by Crippen LogP contribution is -2.26. The van der Waals surface area contributed by atoms with E-state index in [1.165, 1.54) is 37.8 Å². The van der Waals surface area contributed by atoms with E-state index in [-0.39, 0.29) is 0 Å². The summed E-state index contributed by atoms with van der Waals surface area (Å²) in [6.45, 7) is 1.81. The quantitative estimate of drug-likeness (QED) is 0.793. The van der Waals surface area contributed by atoms with Gasteiger partial charge in [-0.3, -0.25) is 9.48 Å². The highest BCUT2D eigenvalue weighted by Crippen LogP contribution is 2.31. The van der Waals surface area contributed by atoms with Gasteiger partial charge in [0.25, 0.3) is 0 Å². The third-order valence-corrected chi connectivity index (χ3v) is 4.02. The first-order valence-electron chi connectivity index (χ1n) is 6.66. The lowest BCUT2D eigenvalue weighted by Gasteiger charge is -2.25. The first-order valence-corrected chi connectivity index (χ1v) is 6.66. The van der Waals surface area contributed by atoms with Crippen LogP contribution in [-0.2, 0) is 13.0 Å². The number of hydrogen-bond donors (Lipinski definition) is 1. The van der Waals surface area contributed by atoms with Crippen molar-refractivity contribution in [1.82, 2.24) is 15.1 Å². The van der Waals surface area contributed by atoms with Gasteiger partial charge in [-0.2, -0.15) is 5.10 Å². The maximum Gasteiger partial charge on any atom is 0.170 e. The zero-order valence-corrected chi connectivity index (χ0v) is 10.1. The summed E-state index contributed by atoms with van der Waals surface area (Å²) in [5.74, 6) is 0. The highest BCUT2D eigenvalue weighted by molar-refractivity contribution is 5.74. The Kier molecular flexibility index (Phi) is 2.97. The molecule has 1 aromatic rings. The Labute approximate surface area is 101 Å². The molecule has 92 valence electrons. The van der Waals surface area contributed by atoms with Gasteiger partial charge in [0, 0.05) is 30.8 Å². The number of rotatable bonds is 2. The molecule has 3 rings (SSSR count). The van der Waals surface area contributed by atoms with Gasteiger partial charge in [-0.25, -0.2) is 0 Å². The van der Waals surface area contributed by atoms with Crippen LogP contribution in [0.25, 0.3) is 0 Å². The highest BCUT2D eigenvalue weighted by atomic mass is 16.1. The predicted molar refractivity (Wildman–Crippen MR) is 65.1 cm³/mol. The average molecular weight is 233 g/mol. The number of carbonyl (C=O) groups is 1. The Bertz CT molecular complexity index is 419. The summed E-state index contributed by atoms with van der Waals surface area (Å²) < 4.78 is 2.17. The number of hydrogen-bond acceptors (Lipinski definition) is 3. The van der Waals surface area contributed by atoms with Crippen molar-refractivity contribution >= 4 is 6.29 Å². The van der Waals surface area contributed by atoms with Gasteiger partial charge < -0.3 is 5.32 Å². The summed E-state index contributed by atoms with van der Waals surface area (Å²) in [5.41, 5.74) is 3.09. The van der Waals surface area contributed by atoms with Gasteiger partial charge in [0.1, 0.15) is 5.69 Å². The molecule has 0 aromatic carbocycles. The smallest absolute Gasteiger partial charge is 0.170 e. The fourth-order valence-electron chi connectivity index (χ4n) is 3.12. The molecule has 0 radical (unpaired) electrons. The van der Waals surface area contributed by atoms with Gasteiger partial charge >= 0.3 is 0 Å². The molecule has 4 nitrogen and oxygen atoms in total. The van der Waals surface area contributed by atoms with Crippen LogP contribution in [0.15, 0.2) is 0 Å². The Hall–Kier alpha value is -1.16. The summed E-state index contributed by atoms with van der Waals surface area (Å²) in [5, 5.41) is 7.86. The minimum absolute atomic E-state index is 0.532. The van der Waals surface area contributed by atoms with Crippen molar-refractivity contribution in [2.45, 2.75) is 51.1 Å². The van der Waals surface area contributed by atoms with Crippen LogP contribution in [0.2, 0.25) is 0 Å². The van der Waals surface area contributed by atoms with E-state index in [1.807, 2.05) is 0 Å². The summed E-state index contributed by atoms with van der Waals surface area (Å²) in [4.78, 5) is 11.1. The topological polar surface area (TPSA) is 46.9 Å². The molecule has 1 N–H and O–H groups in total. The van der Waals surface area contributed by atoms with Crippen molar-refractivity contribution in [1.29, 1.82) is 0 Å². The second kappa shape index (κ2) is 4.61. The van der Waals surface area contributed by atoms with Gasteiger partial charge in [0.05, 0.1) is 6.04 Å². The molecule has 1 aliphatic heterocycles. The van der Waals surface area contributed by atoms with Crippen LogP contribution in [0.3, 0.4) is 0 Å². The molecule has 0 bridgehead atoms. The first kappa shape index (κ1) is 11.0. The van der Waals surface area contributed by atoms with E-state index >= 15 is 0 Å². The van der Waals surface area contributed by atoms with Gasteiger partial charge in [0.15, 0.2) is 6.29 Å². The highest BCUT2D eigenvalue weighted by Gasteiger charge is 2.25. The Morgan fingerprint density at radius 2 is 2.12 bits per heavy atom. The Balaban J connectivity index is 1.97. The van der Waals surface area contributed by atoms with E-state index in [1.54, 1.807) is 0 Å². The molecule has 1 aromatic heterocycles. The normalized spacial score (nSPS) is 21.2. The third kappa shape index (κ3) is 1.90. The standard InChI is InChI=1S/C13H19N3O/c17-9-12-11-8-14-7-6-13(11)16(15-12)10-4-2-1-3-5-10/h9-10,14H,1-8H2. The van der Waals surface area contributed by atoms with Crippen LogP contribution in [-0.4, -0.2) is 22.6 Å². The molecule has 1 aliphatic carbocycles.